The van der Waals surface area contributed by atoms with Gasteiger partial charge >= 0.3 is 16.0 Å². The van der Waals surface area contributed by atoms with Crippen molar-refractivity contribution in [1.82, 2.24) is 44.2 Å². The van der Waals surface area contributed by atoms with E-state index in [4.69, 9.17) is 16.1 Å². The molecule has 13 nitrogen and oxygen atoms in total. The molecular formula is C34H30F2N10O3S. The quantitative estimate of drug-likeness (QED) is 0.174. The van der Waals surface area contributed by atoms with E-state index in [9.17, 15) is 12.8 Å². The zero-order valence-corrected chi connectivity index (χ0v) is 27.6. The first kappa shape index (κ1) is 31.7. The van der Waals surface area contributed by atoms with Gasteiger partial charge in [-0.1, -0.05) is 30.2 Å². The highest BCUT2D eigenvalue weighted by molar-refractivity contribution is 7.89. The Balaban J connectivity index is 1.10. The molecule has 4 aromatic heterocycles. The van der Waals surface area contributed by atoms with Gasteiger partial charge in [0.1, 0.15) is 35.0 Å². The number of terminal acetylenes is 1. The summed E-state index contributed by atoms with van der Waals surface area (Å²) < 4.78 is 65.4. The lowest BCUT2D eigenvalue weighted by Gasteiger charge is -2.34. The number of pyridine rings is 1. The van der Waals surface area contributed by atoms with Crippen LogP contribution in [0.15, 0.2) is 60.1 Å². The zero-order valence-electron chi connectivity index (χ0n) is 26.8. The topological polar surface area (TPSA) is 146 Å². The molecule has 2 atom stereocenters. The first-order valence-corrected chi connectivity index (χ1v) is 17.5. The molecule has 0 spiro atoms. The maximum Gasteiger partial charge on any atom is 0.319 e. The number of hydrogen-bond donors (Lipinski definition) is 1. The molecule has 2 unspecified atom stereocenters. The molecule has 2 aliphatic heterocycles. The average Bonchev–Trinajstić information content (AvgIpc) is 3.87. The van der Waals surface area contributed by atoms with Crippen LogP contribution >= 0.6 is 0 Å². The number of fused-ring (bicyclic) bond motifs is 4. The maximum absolute atomic E-state index is 16.7. The zero-order chi connectivity index (χ0) is 34.6. The van der Waals surface area contributed by atoms with Crippen LogP contribution in [0.5, 0.6) is 6.01 Å². The molecule has 0 amide bonds. The van der Waals surface area contributed by atoms with Gasteiger partial charge in [-0.15, -0.1) is 15.6 Å². The van der Waals surface area contributed by atoms with Crippen molar-refractivity contribution in [1.29, 1.82) is 0 Å². The molecule has 2 saturated heterocycles. The van der Waals surface area contributed by atoms with E-state index in [2.05, 4.69) is 41.3 Å². The van der Waals surface area contributed by atoms with Crippen molar-refractivity contribution in [2.75, 3.05) is 24.6 Å². The van der Waals surface area contributed by atoms with Gasteiger partial charge < -0.3 is 15.0 Å². The van der Waals surface area contributed by atoms with E-state index in [1.165, 1.54) is 16.8 Å². The van der Waals surface area contributed by atoms with Crippen LogP contribution in [0.25, 0.3) is 32.9 Å². The Bertz CT molecular complexity index is 2430. The normalized spacial score (nSPS) is 17.4. The molecule has 50 heavy (non-hydrogen) atoms. The van der Waals surface area contributed by atoms with Crippen molar-refractivity contribution in [3.63, 3.8) is 0 Å². The molecule has 2 aromatic carbocycles. The summed E-state index contributed by atoms with van der Waals surface area (Å²) in [5, 5.41) is 13.0. The molecule has 6 aromatic rings. The summed E-state index contributed by atoms with van der Waals surface area (Å²) >= 11 is 0. The maximum atomic E-state index is 16.7. The lowest BCUT2D eigenvalue weighted by molar-refractivity contribution is 0.277. The summed E-state index contributed by atoms with van der Waals surface area (Å²) in [5.41, 5.74) is 0.365. The number of halogens is 2. The van der Waals surface area contributed by atoms with E-state index in [-0.39, 0.29) is 46.5 Å². The number of rotatable bonds is 9. The summed E-state index contributed by atoms with van der Waals surface area (Å²) in [7, 11) is -3.98. The van der Waals surface area contributed by atoms with Crippen molar-refractivity contribution in [2.24, 2.45) is 0 Å². The fourth-order valence-electron chi connectivity index (χ4n) is 6.71. The minimum atomic E-state index is -3.98. The van der Waals surface area contributed by atoms with Crippen LogP contribution in [-0.4, -0.2) is 79.1 Å². The molecule has 1 N–H and O–H groups in total. The number of anilines is 1. The number of nitrogens with zero attached hydrogens (tertiary/aromatic N) is 9. The van der Waals surface area contributed by atoms with Gasteiger partial charge in [0, 0.05) is 61.5 Å². The highest BCUT2D eigenvalue weighted by Crippen LogP contribution is 2.37. The third-order valence-corrected chi connectivity index (χ3v) is 10.4. The Hall–Kier alpha value is -5.53. The fourth-order valence-corrected chi connectivity index (χ4v) is 7.74. The summed E-state index contributed by atoms with van der Waals surface area (Å²) in [6, 6.07) is 10.0. The molecule has 0 saturated carbocycles. The third-order valence-electron chi connectivity index (χ3n) is 9.03. The Labute approximate surface area is 285 Å². The summed E-state index contributed by atoms with van der Waals surface area (Å²) in [5.74, 6) is 1.96. The van der Waals surface area contributed by atoms with E-state index in [0.717, 1.165) is 23.3 Å². The second kappa shape index (κ2) is 12.4. The molecular weight excluding hydrogens is 667 g/mol. The number of aryl methyl sites for hydroxylation is 2. The van der Waals surface area contributed by atoms with Crippen molar-refractivity contribution in [2.45, 2.75) is 49.8 Å². The van der Waals surface area contributed by atoms with Gasteiger partial charge in [-0.05, 0) is 37.3 Å². The van der Waals surface area contributed by atoms with E-state index < -0.39 is 21.7 Å². The van der Waals surface area contributed by atoms with Crippen LogP contribution in [0.2, 0.25) is 0 Å². The Morgan fingerprint density at radius 1 is 1.06 bits per heavy atom. The van der Waals surface area contributed by atoms with Crippen LogP contribution in [0.1, 0.15) is 30.7 Å². The summed E-state index contributed by atoms with van der Waals surface area (Å²) in [4.78, 5) is 19.8. The monoisotopic (exact) mass is 696 g/mol. The summed E-state index contributed by atoms with van der Waals surface area (Å²) in [6.45, 7) is 3.41. The largest absolute Gasteiger partial charge is 0.463 e. The number of nitrogens with one attached hydrogen (secondary N) is 1. The van der Waals surface area contributed by atoms with Gasteiger partial charge in [-0.3, -0.25) is 9.67 Å². The van der Waals surface area contributed by atoms with Crippen LogP contribution in [0.4, 0.5) is 14.6 Å². The number of ether oxygens (including phenoxy) is 1. The van der Waals surface area contributed by atoms with E-state index in [0.29, 0.717) is 59.4 Å². The van der Waals surface area contributed by atoms with E-state index in [1.54, 1.807) is 43.6 Å². The lowest BCUT2D eigenvalue weighted by Crippen LogP contribution is -2.51. The minimum Gasteiger partial charge on any atom is -0.463 e. The second-order valence-electron chi connectivity index (χ2n) is 12.3. The number of aromatic nitrogens is 8. The van der Waals surface area contributed by atoms with Crippen LogP contribution in [0.3, 0.4) is 0 Å². The van der Waals surface area contributed by atoms with Crippen LogP contribution < -0.4 is 15.0 Å². The highest BCUT2D eigenvalue weighted by Gasteiger charge is 2.34. The first-order valence-electron chi connectivity index (χ1n) is 16.0. The van der Waals surface area contributed by atoms with Crippen LogP contribution in [0, 0.1) is 30.9 Å². The number of benzene rings is 2. The van der Waals surface area contributed by atoms with Crippen molar-refractivity contribution >= 4 is 37.5 Å². The molecule has 8 rings (SSSR count). The Morgan fingerprint density at radius 3 is 2.64 bits per heavy atom. The Kier molecular flexibility index (Phi) is 7.88. The molecule has 16 heteroatoms. The van der Waals surface area contributed by atoms with Crippen molar-refractivity contribution in [3.8, 4) is 29.6 Å². The molecule has 2 aliphatic rings. The smallest absolute Gasteiger partial charge is 0.319 e. The molecule has 0 radical (unpaired) electrons. The van der Waals surface area contributed by atoms with Crippen LogP contribution in [-0.2, 0) is 16.6 Å². The average molecular weight is 697 g/mol. The van der Waals surface area contributed by atoms with Gasteiger partial charge in [0.25, 0.3) is 0 Å². The third kappa shape index (κ3) is 5.57. The van der Waals surface area contributed by atoms with Gasteiger partial charge in [0.05, 0.1) is 17.6 Å². The number of piperazine rings is 1. The van der Waals surface area contributed by atoms with Gasteiger partial charge in [0.15, 0.2) is 10.8 Å². The van der Waals surface area contributed by atoms with E-state index >= 15 is 4.39 Å². The van der Waals surface area contributed by atoms with Gasteiger partial charge in [-0.2, -0.15) is 23.5 Å². The van der Waals surface area contributed by atoms with Crippen molar-refractivity contribution < 1.29 is 21.9 Å². The molecule has 0 aliphatic carbocycles. The van der Waals surface area contributed by atoms with Crippen molar-refractivity contribution in [3.05, 3.63) is 78.1 Å². The molecule has 254 valence electrons. The molecule has 2 bridgehead atoms. The van der Waals surface area contributed by atoms with E-state index in [1.807, 2.05) is 0 Å². The minimum absolute atomic E-state index is 0.0156. The summed E-state index contributed by atoms with van der Waals surface area (Å²) in [6.07, 6.45) is 12.4. The standard InChI is InChI=1S/C34H30F2N10O3S/c1-3-24-27(35)11-8-21-6-4-7-25(29(21)24)31-30(36)32-26(16-37-31)33(44-17-22-9-10-23(18-44)39-22)41-34(40-32)49-15-5-13-45-14-12-28(43-45)50(47,48)46-19-38-20(2)42-46/h1,4,6-8,11-12,14,16,19,22-23,39H,5,9-10,13,15,17-18H2,2H3. The molecule has 6 heterocycles. The van der Waals surface area contributed by atoms with Gasteiger partial charge in [0.2, 0.25) is 0 Å². The fraction of sp³-hybridized carbons (Fsp3) is 0.294. The predicted molar refractivity (Wildman–Crippen MR) is 180 cm³/mol. The SMILES string of the molecule is C#Cc1c(F)ccc2cccc(-c3ncc4c(N5CC6CCC(C5)N6)nc(OCCCn5ccc(S(=O)(=O)n6cnc(C)n6)n5)nc4c3F)c12. The van der Waals surface area contributed by atoms with Gasteiger partial charge in [-0.25, -0.2) is 13.8 Å². The first-order chi connectivity index (χ1) is 24.2. The Morgan fingerprint density at radius 2 is 1.88 bits per heavy atom. The second-order valence-corrected chi connectivity index (χ2v) is 14.1. The molecule has 2 fully saturated rings. The lowest BCUT2D eigenvalue weighted by atomic mass is 9.96. The number of hydrogen-bond acceptors (Lipinski definition) is 11. The predicted octanol–water partition coefficient (Wildman–Crippen LogP) is 3.85. The highest BCUT2D eigenvalue weighted by atomic mass is 32.2.